The molecule has 1 aromatic rings. The summed E-state index contributed by atoms with van der Waals surface area (Å²) in [4.78, 5) is 11.4. The summed E-state index contributed by atoms with van der Waals surface area (Å²) in [5.74, 6) is -1.36. The molecule has 0 aliphatic rings. The van der Waals surface area contributed by atoms with E-state index in [9.17, 15) is 23.1 Å². The van der Waals surface area contributed by atoms with Crippen molar-refractivity contribution in [3.8, 4) is 5.75 Å². The van der Waals surface area contributed by atoms with Gasteiger partial charge < -0.3 is 10.4 Å². The molecule has 0 radical (unpaired) electrons. The first-order valence-corrected chi connectivity index (χ1v) is 5.89. The number of hydrogen-bond donors (Lipinski definition) is 2. The first kappa shape index (κ1) is 16.2. The molecular formula is C10H7Cl3F3NO2. The molecule has 9 heteroatoms. The molecule has 2 N–H and O–H groups in total. The molecule has 0 spiro atoms. The lowest BCUT2D eigenvalue weighted by Crippen LogP contribution is -2.19. The molecule has 106 valence electrons. The van der Waals surface area contributed by atoms with E-state index < -0.39 is 39.3 Å². The molecule has 0 saturated carbocycles. The molecule has 0 aliphatic carbocycles. The van der Waals surface area contributed by atoms with E-state index in [0.29, 0.717) is 12.1 Å². The third kappa shape index (κ3) is 5.34. The fourth-order valence-corrected chi connectivity index (χ4v) is 1.55. The van der Waals surface area contributed by atoms with Crippen LogP contribution in [0.25, 0.3) is 0 Å². The maximum absolute atomic E-state index is 12.5. The molecule has 1 rings (SSSR count). The van der Waals surface area contributed by atoms with Crippen molar-refractivity contribution >= 4 is 46.4 Å². The quantitative estimate of drug-likeness (QED) is 0.631. The minimum Gasteiger partial charge on any atom is -0.506 e. The number of alkyl halides is 6. The number of hydrogen-bond acceptors (Lipinski definition) is 2. The van der Waals surface area contributed by atoms with Gasteiger partial charge >= 0.3 is 6.18 Å². The zero-order valence-corrected chi connectivity index (χ0v) is 11.3. The Labute approximate surface area is 121 Å². The van der Waals surface area contributed by atoms with E-state index in [1.807, 2.05) is 5.32 Å². The summed E-state index contributed by atoms with van der Waals surface area (Å²) in [6, 6.07) is 2.08. The van der Waals surface area contributed by atoms with E-state index in [-0.39, 0.29) is 0 Å². The molecule has 1 amide bonds. The zero-order chi connectivity index (χ0) is 14.8. The van der Waals surface area contributed by atoms with Gasteiger partial charge in [-0.1, -0.05) is 34.8 Å². The Balaban J connectivity index is 2.92. The number of rotatable bonds is 2. The standard InChI is InChI=1S/C10H7Cl3F3NO2/c11-9(12,13)4-8(19)17-6-3-5(10(14,15)16)1-2-7(6)18/h1-3,18H,4H2,(H,17,19). The monoisotopic (exact) mass is 335 g/mol. The maximum atomic E-state index is 12.5. The minimum absolute atomic E-state index is 0.408. The smallest absolute Gasteiger partial charge is 0.416 e. The number of nitrogens with one attached hydrogen (secondary N) is 1. The van der Waals surface area contributed by atoms with Gasteiger partial charge in [-0.25, -0.2) is 0 Å². The second-order valence-corrected chi connectivity index (χ2v) is 6.09. The third-order valence-electron chi connectivity index (χ3n) is 1.96. The molecule has 19 heavy (non-hydrogen) atoms. The van der Waals surface area contributed by atoms with Gasteiger partial charge in [0, 0.05) is 0 Å². The summed E-state index contributed by atoms with van der Waals surface area (Å²) < 4.78 is 35.5. The van der Waals surface area contributed by atoms with E-state index in [2.05, 4.69) is 0 Å². The van der Waals surface area contributed by atoms with Crippen LogP contribution in [0.1, 0.15) is 12.0 Å². The second kappa shape index (κ2) is 5.64. The number of amides is 1. The number of halogens is 6. The van der Waals surface area contributed by atoms with Crippen LogP contribution in [0.3, 0.4) is 0 Å². The van der Waals surface area contributed by atoms with Crippen LogP contribution in [0, 0.1) is 0 Å². The van der Waals surface area contributed by atoms with E-state index in [1.165, 1.54) is 0 Å². The highest BCUT2D eigenvalue weighted by atomic mass is 35.6. The maximum Gasteiger partial charge on any atom is 0.416 e. The van der Waals surface area contributed by atoms with Crippen molar-refractivity contribution in [3.63, 3.8) is 0 Å². The van der Waals surface area contributed by atoms with Crippen molar-refractivity contribution in [2.75, 3.05) is 5.32 Å². The van der Waals surface area contributed by atoms with Crippen molar-refractivity contribution in [1.29, 1.82) is 0 Å². The normalized spacial score (nSPS) is 12.3. The van der Waals surface area contributed by atoms with Crippen LogP contribution in [0.15, 0.2) is 18.2 Å². The van der Waals surface area contributed by atoms with Gasteiger partial charge in [0.15, 0.2) is 3.79 Å². The Morgan fingerprint density at radius 3 is 2.32 bits per heavy atom. The van der Waals surface area contributed by atoms with Crippen LogP contribution in [0.2, 0.25) is 0 Å². The molecule has 0 fully saturated rings. The minimum atomic E-state index is -4.59. The summed E-state index contributed by atoms with van der Waals surface area (Å²) in [5.41, 5.74) is -1.43. The molecule has 0 unspecified atom stereocenters. The first-order chi connectivity index (χ1) is 8.49. The van der Waals surface area contributed by atoms with Crippen LogP contribution in [0.5, 0.6) is 5.75 Å². The Kier molecular flexibility index (Phi) is 4.81. The fraction of sp³-hybridized carbons (Fsp3) is 0.300. The van der Waals surface area contributed by atoms with Crippen molar-refractivity contribution in [2.45, 2.75) is 16.4 Å². The third-order valence-corrected chi connectivity index (χ3v) is 2.36. The van der Waals surface area contributed by atoms with E-state index >= 15 is 0 Å². The van der Waals surface area contributed by atoms with Crippen LogP contribution in [-0.2, 0) is 11.0 Å². The van der Waals surface area contributed by atoms with Gasteiger partial charge in [-0.15, -0.1) is 0 Å². The van der Waals surface area contributed by atoms with Gasteiger partial charge in [-0.2, -0.15) is 13.2 Å². The summed E-state index contributed by atoms with van der Waals surface area (Å²) in [6.45, 7) is 0. The Morgan fingerprint density at radius 2 is 1.84 bits per heavy atom. The number of carbonyl (C=O) groups is 1. The molecule has 0 aromatic heterocycles. The number of benzene rings is 1. The van der Waals surface area contributed by atoms with Crippen molar-refractivity contribution in [2.24, 2.45) is 0 Å². The predicted octanol–water partition coefficient (Wildman–Crippen LogP) is 4.11. The fourth-order valence-electron chi connectivity index (χ4n) is 1.19. The van der Waals surface area contributed by atoms with Crippen LogP contribution < -0.4 is 5.32 Å². The summed E-state index contributed by atoms with van der Waals surface area (Å²) in [6.07, 6.45) is -5.16. The number of anilines is 1. The summed E-state index contributed by atoms with van der Waals surface area (Å²) >= 11 is 16.1. The zero-order valence-electron chi connectivity index (χ0n) is 9.06. The summed E-state index contributed by atoms with van der Waals surface area (Å²) in [7, 11) is 0. The molecule has 3 nitrogen and oxygen atoms in total. The predicted molar refractivity (Wildman–Crippen MR) is 66.6 cm³/mol. The molecule has 0 saturated heterocycles. The van der Waals surface area contributed by atoms with Gasteiger partial charge in [0.25, 0.3) is 0 Å². The molecular weight excluding hydrogens is 329 g/mol. The first-order valence-electron chi connectivity index (χ1n) is 4.76. The largest absolute Gasteiger partial charge is 0.506 e. The molecule has 0 heterocycles. The Bertz CT molecular complexity index is 486. The SMILES string of the molecule is O=C(CC(Cl)(Cl)Cl)Nc1cc(C(F)(F)F)ccc1O. The Hall–Kier alpha value is -0.850. The van der Waals surface area contributed by atoms with E-state index in [4.69, 9.17) is 34.8 Å². The highest BCUT2D eigenvalue weighted by molar-refractivity contribution is 6.68. The summed E-state index contributed by atoms with van der Waals surface area (Å²) in [5, 5.41) is 11.4. The lowest BCUT2D eigenvalue weighted by atomic mass is 10.1. The van der Waals surface area contributed by atoms with Crippen LogP contribution in [-0.4, -0.2) is 14.8 Å². The number of carbonyl (C=O) groups excluding carboxylic acids is 1. The second-order valence-electron chi connectivity index (χ2n) is 3.57. The number of phenols is 1. The van der Waals surface area contributed by atoms with E-state index in [0.717, 1.165) is 6.07 Å². The van der Waals surface area contributed by atoms with Gasteiger partial charge in [0.05, 0.1) is 17.7 Å². The van der Waals surface area contributed by atoms with Gasteiger partial charge in [0.2, 0.25) is 5.91 Å². The van der Waals surface area contributed by atoms with Crippen molar-refractivity contribution in [1.82, 2.24) is 0 Å². The molecule has 0 bridgehead atoms. The molecule has 1 aromatic carbocycles. The van der Waals surface area contributed by atoms with Gasteiger partial charge in [0.1, 0.15) is 5.75 Å². The molecule has 0 aliphatic heterocycles. The number of aromatic hydroxyl groups is 1. The molecule has 0 atom stereocenters. The Morgan fingerprint density at radius 1 is 1.26 bits per heavy atom. The topological polar surface area (TPSA) is 49.3 Å². The lowest BCUT2D eigenvalue weighted by Gasteiger charge is -2.13. The van der Waals surface area contributed by atoms with Crippen LogP contribution in [0.4, 0.5) is 18.9 Å². The van der Waals surface area contributed by atoms with E-state index in [1.54, 1.807) is 0 Å². The van der Waals surface area contributed by atoms with Crippen molar-refractivity contribution < 1.29 is 23.1 Å². The lowest BCUT2D eigenvalue weighted by molar-refractivity contribution is -0.137. The van der Waals surface area contributed by atoms with Gasteiger partial charge in [-0.3, -0.25) is 4.79 Å². The average Bonchev–Trinajstić information content (AvgIpc) is 2.16. The highest BCUT2D eigenvalue weighted by Crippen LogP contribution is 2.35. The number of phenolic OH excluding ortho intramolecular Hbond substituents is 1. The highest BCUT2D eigenvalue weighted by Gasteiger charge is 2.31. The van der Waals surface area contributed by atoms with Gasteiger partial charge in [-0.05, 0) is 18.2 Å². The van der Waals surface area contributed by atoms with Crippen LogP contribution >= 0.6 is 34.8 Å². The average molecular weight is 337 g/mol. The van der Waals surface area contributed by atoms with Crippen molar-refractivity contribution in [3.05, 3.63) is 23.8 Å².